The van der Waals surface area contributed by atoms with Crippen LogP contribution in [0.25, 0.3) is 6.08 Å². The Kier molecular flexibility index (Phi) is 3.93. The van der Waals surface area contributed by atoms with Gasteiger partial charge in [-0.3, -0.25) is 4.79 Å². The van der Waals surface area contributed by atoms with E-state index in [0.717, 1.165) is 0 Å². The molecule has 0 saturated heterocycles. The van der Waals surface area contributed by atoms with Crippen molar-refractivity contribution in [2.75, 3.05) is 0 Å². The molecule has 2 nitrogen and oxygen atoms in total. The highest BCUT2D eigenvalue weighted by Gasteiger charge is 2.30. The van der Waals surface area contributed by atoms with E-state index in [2.05, 4.69) is 4.74 Å². The summed E-state index contributed by atoms with van der Waals surface area (Å²) in [6.45, 7) is 3.06. The van der Waals surface area contributed by atoms with E-state index in [9.17, 15) is 18.0 Å². The van der Waals surface area contributed by atoms with Crippen LogP contribution >= 0.6 is 0 Å². The predicted molar refractivity (Wildman–Crippen MR) is 57.5 cm³/mol. The summed E-state index contributed by atoms with van der Waals surface area (Å²) < 4.78 is 39.4. The number of hydrogen-bond donors (Lipinski definition) is 0. The number of hydrogen-bond acceptors (Lipinski definition) is 2. The number of rotatable bonds is 3. The molecule has 1 rings (SSSR count). The van der Waals surface area contributed by atoms with Crippen LogP contribution in [-0.2, 0) is 4.79 Å². The fourth-order valence-corrected chi connectivity index (χ4v) is 1.12. The molecule has 0 aliphatic rings. The van der Waals surface area contributed by atoms with Gasteiger partial charge in [-0.1, -0.05) is 12.1 Å². The molecule has 1 aromatic carbocycles. The number of halogens is 3. The van der Waals surface area contributed by atoms with Crippen LogP contribution in [0.3, 0.4) is 0 Å². The molecule has 1 aromatic rings. The molecule has 5 heteroatoms. The number of carbonyl (C=O) groups is 1. The summed E-state index contributed by atoms with van der Waals surface area (Å²) in [6, 6.07) is 5.31. The molecule has 0 aliphatic heterocycles. The SMILES string of the molecule is CC(=O)/C(C)=C/c1ccc(OC(F)(F)F)cc1. The standard InChI is InChI=1S/C12H11F3O2/c1-8(9(2)16)7-10-3-5-11(6-4-10)17-12(13,14)15/h3-7H,1-2H3/b8-7+. The Bertz CT molecular complexity index is 430. The maximum atomic E-state index is 11.9. The van der Waals surface area contributed by atoms with Crippen molar-refractivity contribution in [2.24, 2.45) is 0 Å². The van der Waals surface area contributed by atoms with Crippen LogP contribution < -0.4 is 4.74 Å². The summed E-state index contributed by atoms with van der Waals surface area (Å²) in [4.78, 5) is 11.0. The van der Waals surface area contributed by atoms with Crippen molar-refractivity contribution in [3.63, 3.8) is 0 Å². The minimum atomic E-state index is -4.69. The molecule has 92 valence electrons. The Morgan fingerprint density at radius 2 is 1.71 bits per heavy atom. The van der Waals surface area contributed by atoms with Crippen molar-refractivity contribution in [3.8, 4) is 5.75 Å². The van der Waals surface area contributed by atoms with E-state index in [4.69, 9.17) is 0 Å². The molecule has 0 atom stereocenters. The highest BCUT2D eigenvalue weighted by atomic mass is 19.4. The van der Waals surface area contributed by atoms with Gasteiger partial charge in [0.05, 0.1) is 0 Å². The minimum absolute atomic E-state index is 0.0828. The van der Waals surface area contributed by atoms with Gasteiger partial charge in [-0.15, -0.1) is 13.2 Å². The van der Waals surface area contributed by atoms with Gasteiger partial charge in [-0.05, 0) is 43.2 Å². The van der Waals surface area contributed by atoms with Crippen LogP contribution in [0.2, 0.25) is 0 Å². The number of Topliss-reactive ketones (excluding diaryl/α,β-unsaturated/α-hetero) is 1. The molecule has 0 N–H and O–H groups in total. The lowest BCUT2D eigenvalue weighted by atomic mass is 10.1. The Morgan fingerprint density at radius 1 is 1.18 bits per heavy atom. The van der Waals surface area contributed by atoms with Gasteiger partial charge in [-0.25, -0.2) is 0 Å². The maximum absolute atomic E-state index is 11.9. The fraction of sp³-hybridized carbons (Fsp3) is 0.250. The average Bonchev–Trinajstić information content (AvgIpc) is 2.18. The Balaban J connectivity index is 2.82. The van der Waals surface area contributed by atoms with Crippen LogP contribution in [0.15, 0.2) is 29.8 Å². The number of benzene rings is 1. The molecule has 0 aromatic heterocycles. The second-order valence-electron chi connectivity index (χ2n) is 3.50. The normalized spacial score (nSPS) is 12.4. The average molecular weight is 244 g/mol. The van der Waals surface area contributed by atoms with E-state index in [-0.39, 0.29) is 11.5 Å². The van der Waals surface area contributed by atoms with Crippen molar-refractivity contribution in [2.45, 2.75) is 20.2 Å². The quantitative estimate of drug-likeness (QED) is 0.759. The Hall–Kier alpha value is -1.78. The first-order valence-corrected chi connectivity index (χ1v) is 4.83. The van der Waals surface area contributed by atoms with Gasteiger partial charge in [0, 0.05) is 0 Å². The van der Waals surface area contributed by atoms with E-state index in [1.54, 1.807) is 13.0 Å². The first-order chi connectivity index (χ1) is 7.78. The molecule has 0 amide bonds. The van der Waals surface area contributed by atoms with Crippen LogP contribution in [0.5, 0.6) is 5.75 Å². The van der Waals surface area contributed by atoms with Gasteiger partial charge >= 0.3 is 6.36 Å². The monoisotopic (exact) mass is 244 g/mol. The number of ether oxygens (including phenoxy) is 1. The van der Waals surface area contributed by atoms with Crippen LogP contribution in [0, 0.1) is 0 Å². The molecule has 0 fully saturated rings. The van der Waals surface area contributed by atoms with Gasteiger partial charge < -0.3 is 4.74 Å². The minimum Gasteiger partial charge on any atom is -0.406 e. The first kappa shape index (κ1) is 13.3. The molecule has 0 saturated carbocycles. The van der Waals surface area contributed by atoms with Crippen molar-refractivity contribution in [1.82, 2.24) is 0 Å². The van der Waals surface area contributed by atoms with Crippen molar-refractivity contribution < 1.29 is 22.7 Å². The number of alkyl halides is 3. The molecule has 0 heterocycles. The zero-order valence-corrected chi connectivity index (χ0v) is 9.34. The molecular weight excluding hydrogens is 233 g/mol. The molecular formula is C12H11F3O2. The van der Waals surface area contributed by atoms with Crippen molar-refractivity contribution in [1.29, 1.82) is 0 Å². The van der Waals surface area contributed by atoms with Gasteiger partial charge in [0.2, 0.25) is 0 Å². The smallest absolute Gasteiger partial charge is 0.406 e. The van der Waals surface area contributed by atoms with E-state index in [1.165, 1.54) is 31.2 Å². The third kappa shape index (κ3) is 4.72. The zero-order chi connectivity index (χ0) is 13.1. The lowest BCUT2D eigenvalue weighted by Gasteiger charge is -2.08. The highest BCUT2D eigenvalue weighted by Crippen LogP contribution is 2.23. The van der Waals surface area contributed by atoms with Crippen molar-refractivity contribution >= 4 is 11.9 Å². The summed E-state index contributed by atoms with van der Waals surface area (Å²) >= 11 is 0. The molecule has 0 spiro atoms. The van der Waals surface area contributed by atoms with Gasteiger partial charge in [0.25, 0.3) is 0 Å². The lowest BCUT2D eigenvalue weighted by molar-refractivity contribution is -0.274. The second kappa shape index (κ2) is 5.03. The Labute approximate surface area is 96.7 Å². The molecule has 0 bridgehead atoms. The topological polar surface area (TPSA) is 26.3 Å². The van der Waals surface area contributed by atoms with E-state index < -0.39 is 6.36 Å². The highest BCUT2D eigenvalue weighted by molar-refractivity contribution is 5.97. The lowest BCUT2D eigenvalue weighted by Crippen LogP contribution is -2.16. The predicted octanol–water partition coefficient (Wildman–Crippen LogP) is 3.58. The first-order valence-electron chi connectivity index (χ1n) is 4.83. The third-order valence-corrected chi connectivity index (χ3v) is 2.05. The zero-order valence-electron chi connectivity index (χ0n) is 9.34. The Morgan fingerprint density at radius 3 is 2.12 bits per heavy atom. The van der Waals surface area contributed by atoms with E-state index in [1.807, 2.05) is 0 Å². The third-order valence-electron chi connectivity index (χ3n) is 2.05. The molecule has 17 heavy (non-hydrogen) atoms. The van der Waals surface area contributed by atoms with Crippen LogP contribution in [0.4, 0.5) is 13.2 Å². The van der Waals surface area contributed by atoms with Gasteiger partial charge in [-0.2, -0.15) is 0 Å². The number of ketones is 1. The molecule has 0 aliphatic carbocycles. The summed E-state index contributed by atoms with van der Waals surface area (Å²) in [7, 11) is 0. The van der Waals surface area contributed by atoms with Crippen LogP contribution in [0.1, 0.15) is 19.4 Å². The second-order valence-corrected chi connectivity index (χ2v) is 3.50. The van der Waals surface area contributed by atoms with Crippen LogP contribution in [-0.4, -0.2) is 12.1 Å². The summed E-state index contributed by atoms with van der Waals surface area (Å²) in [5.74, 6) is -0.365. The summed E-state index contributed by atoms with van der Waals surface area (Å²) in [6.07, 6.45) is -3.09. The largest absolute Gasteiger partial charge is 0.573 e. The van der Waals surface area contributed by atoms with E-state index in [0.29, 0.717) is 11.1 Å². The maximum Gasteiger partial charge on any atom is 0.573 e. The summed E-state index contributed by atoms with van der Waals surface area (Å²) in [5, 5.41) is 0. The number of carbonyl (C=O) groups excluding carboxylic acids is 1. The van der Waals surface area contributed by atoms with Gasteiger partial charge in [0.1, 0.15) is 5.75 Å². The van der Waals surface area contributed by atoms with E-state index >= 15 is 0 Å². The number of allylic oxidation sites excluding steroid dienone is 1. The fourth-order valence-electron chi connectivity index (χ4n) is 1.12. The molecule has 0 radical (unpaired) electrons. The van der Waals surface area contributed by atoms with Gasteiger partial charge in [0.15, 0.2) is 5.78 Å². The molecule has 0 unspecified atom stereocenters. The summed E-state index contributed by atoms with van der Waals surface area (Å²) in [5.41, 5.74) is 1.18. The van der Waals surface area contributed by atoms with Crippen molar-refractivity contribution in [3.05, 3.63) is 35.4 Å².